The molecule has 0 aromatic heterocycles. The van der Waals surface area contributed by atoms with Crippen molar-refractivity contribution in [3.05, 3.63) is 111 Å². The van der Waals surface area contributed by atoms with Crippen LogP contribution in [-0.2, 0) is 12.6 Å². The predicted octanol–water partition coefficient (Wildman–Crippen LogP) is 8.19. The molecule has 0 amide bonds. The van der Waals surface area contributed by atoms with Gasteiger partial charge in [-0.1, -0.05) is 42.5 Å². The lowest BCUT2D eigenvalue weighted by molar-refractivity contribution is -0.138. The van der Waals surface area contributed by atoms with Crippen LogP contribution in [0.5, 0.6) is 0 Å². The Hall–Kier alpha value is -3.85. The maximum Gasteiger partial charge on any atom is 0.417 e. The number of aromatic carboxylic acids is 1. The van der Waals surface area contributed by atoms with Crippen LogP contribution in [0.4, 0.5) is 26.3 Å². The van der Waals surface area contributed by atoms with Gasteiger partial charge in [0.1, 0.15) is 5.82 Å². The van der Waals surface area contributed by atoms with Gasteiger partial charge in [0, 0.05) is 26.1 Å². The van der Waals surface area contributed by atoms with Crippen LogP contribution in [0, 0.1) is 5.82 Å². The Morgan fingerprint density at radius 2 is 1.66 bits per heavy atom. The van der Waals surface area contributed by atoms with E-state index in [0.717, 1.165) is 22.8 Å². The Kier molecular flexibility index (Phi) is 8.09. The summed E-state index contributed by atoms with van der Waals surface area (Å²) in [4.78, 5) is 13.6. The van der Waals surface area contributed by atoms with Gasteiger partial charge in [-0.25, -0.2) is 18.0 Å². The number of halogens is 6. The largest absolute Gasteiger partial charge is 0.478 e. The van der Waals surface area contributed by atoms with Crippen LogP contribution < -0.4 is 0 Å². The Labute approximate surface area is 233 Å². The van der Waals surface area contributed by atoms with E-state index >= 15 is 0 Å². The molecule has 2 aliphatic rings. The highest BCUT2D eigenvalue weighted by atomic mass is 19.4. The number of benzene rings is 3. The maximum absolute atomic E-state index is 14.1. The molecule has 0 atom stereocenters. The van der Waals surface area contributed by atoms with Crippen molar-refractivity contribution in [3.8, 4) is 0 Å². The highest BCUT2D eigenvalue weighted by Crippen LogP contribution is 2.44. The molecule has 0 unspecified atom stereocenters. The highest BCUT2D eigenvalue weighted by molar-refractivity contribution is 6.01. The average Bonchev–Trinajstić information content (AvgIpc) is 3.08. The average molecular weight is 572 g/mol. The molecule has 0 spiro atoms. The minimum absolute atomic E-state index is 0.0920. The number of carboxylic acid groups (broad SMARTS) is 1. The molecule has 5 rings (SSSR count). The maximum atomic E-state index is 14.1. The number of fused-ring (bicyclic) bond motifs is 1. The summed E-state index contributed by atoms with van der Waals surface area (Å²) in [5, 5.41) is 9.51. The number of carboxylic acids is 1. The molecule has 3 aromatic rings. The molecule has 1 heterocycles. The first-order chi connectivity index (χ1) is 19.5. The predicted molar refractivity (Wildman–Crippen MR) is 145 cm³/mol. The first-order valence-corrected chi connectivity index (χ1v) is 13.3. The van der Waals surface area contributed by atoms with E-state index in [2.05, 4.69) is 0 Å². The minimum Gasteiger partial charge on any atom is -0.478 e. The molecule has 0 bridgehead atoms. The molecule has 0 saturated carbocycles. The molecule has 1 aliphatic carbocycles. The number of hydrogen-bond donors (Lipinski definition) is 1. The highest BCUT2D eigenvalue weighted by Gasteiger charge is 2.36. The molecule has 214 valence electrons. The van der Waals surface area contributed by atoms with E-state index in [9.17, 15) is 36.2 Å². The lowest BCUT2D eigenvalue weighted by Gasteiger charge is -2.34. The van der Waals surface area contributed by atoms with E-state index in [1.165, 1.54) is 12.1 Å². The summed E-state index contributed by atoms with van der Waals surface area (Å²) in [5.41, 5.74) is 3.86. The normalized spacial score (nSPS) is 15.9. The number of nitrogens with zero attached hydrogens (tertiary/aromatic N) is 1. The van der Waals surface area contributed by atoms with Gasteiger partial charge in [0.2, 0.25) is 6.43 Å². The summed E-state index contributed by atoms with van der Waals surface area (Å²) in [6.07, 6.45) is -4.07. The molecule has 0 radical (unpaired) electrons. The van der Waals surface area contributed by atoms with Crippen molar-refractivity contribution < 1.29 is 36.2 Å². The van der Waals surface area contributed by atoms with Crippen LogP contribution in [0.25, 0.3) is 17.2 Å². The van der Waals surface area contributed by atoms with E-state index < -0.39 is 30.0 Å². The van der Waals surface area contributed by atoms with Gasteiger partial charge < -0.3 is 5.11 Å². The number of hydrogen-bond acceptors (Lipinski definition) is 2. The molecular weight excluding hydrogens is 544 g/mol. The van der Waals surface area contributed by atoms with Gasteiger partial charge in [-0.2, -0.15) is 13.2 Å². The molecule has 41 heavy (non-hydrogen) atoms. The van der Waals surface area contributed by atoms with Gasteiger partial charge >= 0.3 is 12.1 Å². The third-order valence-corrected chi connectivity index (χ3v) is 7.50. The van der Waals surface area contributed by atoms with Crippen LogP contribution in [0.1, 0.15) is 63.0 Å². The molecule has 9 heteroatoms. The molecule has 1 fully saturated rings. The summed E-state index contributed by atoms with van der Waals surface area (Å²) < 4.78 is 81.1. The zero-order chi connectivity index (χ0) is 29.3. The van der Waals surface area contributed by atoms with Crippen LogP contribution in [0.2, 0.25) is 0 Å². The van der Waals surface area contributed by atoms with Gasteiger partial charge in [-0.05, 0) is 88.1 Å². The van der Waals surface area contributed by atoms with Crippen molar-refractivity contribution in [3.63, 3.8) is 0 Å². The standard InChI is InChI=1S/C32H27F6NO2/c33-24-9-11-26(28(16-24)32(36,37)38)27-3-1-2-22-15-23(31(40)41)8-10-25(22)30(27)21-6-4-19(5-7-21)14-20-17-39(18-20)13-12-29(34)35/h4-11,14-16,29H,1-3,12-13,17-18H2,(H,40,41). The SMILES string of the molecule is O=C(O)c1ccc2c(c1)CCCC(c1ccc(F)cc1C(F)(F)F)=C2c1ccc(C=C2CN(CCC(F)F)C2)cc1. The molecule has 1 saturated heterocycles. The minimum atomic E-state index is -4.78. The van der Waals surface area contributed by atoms with Crippen molar-refractivity contribution in [1.29, 1.82) is 0 Å². The van der Waals surface area contributed by atoms with Gasteiger partial charge in [-0.3, -0.25) is 4.90 Å². The van der Waals surface area contributed by atoms with Crippen molar-refractivity contribution in [2.45, 2.75) is 38.3 Å². The number of likely N-dealkylation sites (tertiary alicyclic amines) is 1. The van der Waals surface area contributed by atoms with Gasteiger partial charge in [0.05, 0.1) is 11.1 Å². The van der Waals surface area contributed by atoms with Gasteiger partial charge in [0.15, 0.2) is 0 Å². The van der Waals surface area contributed by atoms with E-state index in [0.29, 0.717) is 60.8 Å². The van der Waals surface area contributed by atoms with Crippen molar-refractivity contribution in [2.24, 2.45) is 0 Å². The van der Waals surface area contributed by atoms with E-state index in [-0.39, 0.29) is 24.0 Å². The molecule has 1 aliphatic heterocycles. The number of aryl methyl sites for hydroxylation is 1. The third-order valence-electron chi connectivity index (χ3n) is 7.50. The third kappa shape index (κ3) is 6.40. The van der Waals surface area contributed by atoms with Gasteiger partial charge in [-0.15, -0.1) is 0 Å². The summed E-state index contributed by atoms with van der Waals surface area (Å²) in [6.45, 7) is 1.54. The summed E-state index contributed by atoms with van der Waals surface area (Å²) >= 11 is 0. The fraction of sp³-hybridized carbons (Fsp3) is 0.281. The zero-order valence-corrected chi connectivity index (χ0v) is 21.9. The van der Waals surface area contributed by atoms with E-state index in [1.807, 2.05) is 35.2 Å². The lowest BCUT2D eigenvalue weighted by Crippen LogP contribution is -2.40. The second-order valence-electron chi connectivity index (χ2n) is 10.4. The first kappa shape index (κ1) is 28.7. The number of carbonyl (C=O) groups is 1. The number of rotatable bonds is 7. The fourth-order valence-electron chi connectivity index (χ4n) is 5.57. The molecule has 3 nitrogen and oxygen atoms in total. The van der Waals surface area contributed by atoms with Crippen molar-refractivity contribution >= 4 is 23.2 Å². The lowest BCUT2D eigenvalue weighted by atomic mass is 9.85. The van der Waals surface area contributed by atoms with Crippen LogP contribution >= 0.6 is 0 Å². The van der Waals surface area contributed by atoms with Crippen LogP contribution in [0.3, 0.4) is 0 Å². The smallest absolute Gasteiger partial charge is 0.417 e. The second-order valence-corrected chi connectivity index (χ2v) is 10.4. The first-order valence-electron chi connectivity index (χ1n) is 13.3. The molecule has 3 aromatic carbocycles. The zero-order valence-electron chi connectivity index (χ0n) is 21.9. The molecule has 1 N–H and O–H groups in total. The summed E-state index contributed by atoms with van der Waals surface area (Å²) in [6, 6.07) is 14.6. The topological polar surface area (TPSA) is 40.5 Å². The van der Waals surface area contributed by atoms with Crippen LogP contribution in [0.15, 0.2) is 66.2 Å². The van der Waals surface area contributed by atoms with E-state index in [4.69, 9.17) is 0 Å². The monoisotopic (exact) mass is 571 g/mol. The number of alkyl halides is 5. The van der Waals surface area contributed by atoms with Crippen molar-refractivity contribution in [1.82, 2.24) is 4.90 Å². The Morgan fingerprint density at radius 3 is 2.32 bits per heavy atom. The Balaban J connectivity index is 1.58. The van der Waals surface area contributed by atoms with Crippen LogP contribution in [-0.4, -0.2) is 42.0 Å². The summed E-state index contributed by atoms with van der Waals surface area (Å²) in [5.74, 6) is -2.08. The van der Waals surface area contributed by atoms with Crippen molar-refractivity contribution in [2.75, 3.05) is 19.6 Å². The Bertz CT molecular complexity index is 1510. The Morgan fingerprint density at radius 1 is 0.951 bits per heavy atom. The molecular formula is C32H27F6NO2. The fourth-order valence-corrected chi connectivity index (χ4v) is 5.57. The number of allylic oxidation sites excluding steroid dienone is 1. The van der Waals surface area contributed by atoms with Gasteiger partial charge in [0.25, 0.3) is 0 Å². The second kappa shape index (κ2) is 11.6. The van der Waals surface area contributed by atoms with E-state index in [1.54, 1.807) is 12.1 Å². The summed E-state index contributed by atoms with van der Waals surface area (Å²) in [7, 11) is 0. The quantitative estimate of drug-likeness (QED) is 0.291.